The second-order valence-electron chi connectivity index (χ2n) is 9.44. The molecule has 0 unspecified atom stereocenters. The second-order valence-corrected chi connectivity index (χ2v) is 9.44. The molecule has 0 bridgehead atoms. The van der Waals surface area contributed by atoms with Crippen LogP contribution in [0.4, 0.5) is 18.9 Å². The van der Waals surface area contributed by atoms with Crippen LogP contribution in [-0.4, -0.2) is 47.0 Å². The fourth-order valence-corrected chi connectivity index (χ4v) is 5.12. The summed E-state index contributed by atoms with van der Waals surface area (Å²) < 4.78 is 53.9. The molecule has 36 heavy (non-hydrogen) atoms. The van der Waals surface area contributed by atoms with E-state index in [4.69, 9.17) is 9.47 Å². The highest BCUT2D eigenvalue weighted by Gasteiger charge is 2.42. The molecule has 0 saturated heterocycles. The number of halogens is 3. The van der Waals surface area contributed by atoms with Crippen molar-refractivity contribution >= 4 is 11.6 Å². The van der Waals surface area contributed by atoms with Gasteiger partial charge in [-0.3, -0.25) is 9.69 Å². The van der Waals surface area contributed by atoms with Gasteiger partial charge in [0.25, 0.3) is 5.91 Å². The highest BCUT2D eigenvalue weighted by Crippen LogP contribution is 2.39. The normalized spacial score (nSPS) is 17.6. The number of amides is 1. The molecule has 3 aromatic rings. The number of benzene rings is 2. The van der Waals surface area contributed by atoms with Gasteiger partial charge in [0.1, 0.15) is 0 Å². The van der Waals surface area contributed by atoms with Gasteiger partial charge in [-0.1, -0.05) is 12.5 Å². The van der Waals surface area contributed by atoms with Crippen molar-refractivity contribution in [2.45, 2.75) is 44.4 Å². The zero-order valence-electron chi connectivity index (χ0n) is 19.7. The van der Waals surface area contributed by atoms with Crippen LogP contribution in [0.5, 0.6) is 11.5 Å². The predicted octanol–water partition coefficient (Wildman–Crippen LogP) is 4.81. The van der Waals surface area contributed by atoms with Crippen LogP contribution < -0.4 is 14.4 Å². The topological polar surface area (TPSA) is 59.8 Å². The quantitative estimate of drug-likeness (QED) is 0.517. The summed E-state index contributed by atoms with van der Waals surface area (Å²) in [6.45, 7) is 1.08. The van der Waals surface area contributed by atoms with Gasteiger partial charge in [0, 0.05) is 55.5 Å². The summed E-state index contributed by atoms with van der Waals surface area (Å²) >= 11 is 0. The number of nitrogens with zero attached hydrogens (tertiary/aromatic N) is 4. The van der Waals surface area contributed by atoms with Gasteiger partial charge in [-0.2, -0.15) is 18.3 Å². The molecule has 1 aromatic heterocycles. The van der Waals surface area contributed by atoms with Gasteiger partial charge in [-0.25, -0.2) is 4.68 Å². The molecule has 3 heterocycles. The third-order valence-corrected chi connectivity index (χ3v) is 7.33. The number of fused-ring (bicyclic) bond motifs is 2. The van der Waals surface area contributed by atoms with Crippen LogP contribution in [-0.2, 0) is 19.1 Å². The molecular formula is C26H25F3N4O3. The lowest BCUT2D eigenvalue weighted by Crippen LogP contribution is -2.43. The molecule has 1 aliphatic carbocycles. The van der Waals surface area contributed by atoms with Gasteiger partial charge < -0.3 is 14.4 Å². The molecule has 1 fully saturated rings. The fraction of sp³-hybridized carbons (Fsp3) is 0.385. The molecule has 188 valence electrons. The van der Waals surface area contributed by atoms with Crippen molar-refractivity contribution in [2.75, 3.05) is 25.3 Å². The Hall–Kier alpha value is -3.53. The van der Waals surface area contributed by atoms with E-state index < -0.39 is 11.9 Å². The monoisotopic (exact) mass is 498 g/mol. The summed E-state index contributed by atoms with van der Waals surface area (Å²) in [5.74, 6) is 0.866. The Bertz CT molecular complexity index is 1330. The minimum absolute atomic E-state index is 0.130. The van der Waals surface area contributed by atoms with E-state index in [2.05, 4.69) is 10.00 Å². The van der Waals surface area contributed by atoms with Crippen LogP contribution in [0.3, 0.4) is 0 Å². The van der Waals surface area contributed by atoms with E-state index in [9.17, 15) is 18.0 Å². The van der Waals surface area contributed by atoms with E-state index >= 15 is 0 Å². The Morgan fingerprint density at radius 2 is 1.92 bits per heavy atom. The Morgan fingerprint density at radius 3 is 2.67 bits per heavy atom. The smallest absolute Gasteiger partial charge is 0.435 e. The summed E-state index contributed by atoms with van der Waals surface area (Å²) in [6, 6.07) is 12.2. The van der Waals surface area contributed by atoms with E-state index in [1.165, 1.54) is 9.58 Å². The summed E-state index contributed by atoms with van der Waals surface area (Å²) in [6.07, 6.45) is -0.881. The number of hydrogen-bond acceptors (Lipinski definition) is 5. The molecule has 1 amide bonds. The SMILES string of the molecule is CN(C(=O)c1cccc(-n2nc(C(F)(F)F)c3c2CCN(C2CCC2)C3)c1)c1ccc2c(c1)OCO2. The molecule has 0 radical (unpaired) electrons. The maximum absolute atomic E-state index is 14.0. The van der Waals surface area contributed by atoms with Crippen molar-refractivity contribution in [2.24, 2.45) is 0 Å². The standard InChI is InChI=1S/C26H25F3N4O3/c1-31(18-8-9-22-23(13-18)36-15-35-22)25(34)16-4-2-7-19(12-16)33-21-10-11-32(17-5-3-6-17)14-20(21)24(30-33)26(27,28)29/h2,4,7-9,12-13,17H,3,5-6,10-11,14-15H2,1H3. The first-order chi connectivity index (χ1) is 17.3. The van der Waals surface area contributed by atoms with E-state index in [0.717, 1.165) is 19.3 Å². The van der Waals surface area contributed by atoms with Crippen LogP contribution in [0.2, 0.25) is 0 Å². The number of aromatic nitrogens is 2. The lowest BCUT2D eigenvalue weighted by atomic mass is 9.89. The number of ether oxygens (including phenoxy) is 2. The molecule has 0 spiro atoms. The predicted molar refractivity (Wildman–Crippen MR) is 126 cm³/mol. The first-order valence-corrected chi connectivity index (χ1v) is 12.0. The van der Waals surface area contributed by atoms with Crippen LogP contribution in [0, 0.1) is 0 Å². The van der Waals surface area contributed by atoms with Crippen LogP contribution >= 0.6 is 0 Å². The molecular weight excluding hydrogens is 473 g/mol. The summed E-state index contributed by atoms with van der Waals surface area (Å²) in [7, 11) is 1.64. The van der Waals surface area contributed by atoms with E-state index in [-0.39, 0.29) is 24.8 Å². The van der Waals surface area contributed by atoms with Crippen molar-refractivity contribution in [3.8, 4) is 17.2 Å². The van der Waals surface area contributed by atoms with Crippen LogP contribution in [0.25, 0.3) is 5.69 Å². The van der Waals surface area contributed by atoms with Gasteiger partial charge in [0.2, 0.25) is 6.79 Å². The number of carbonyl (C=O) groups is 1. The Balaban J connectivity index is 1.32. The molecule has 1 saturated carbocycles. The molecule has 0 atom stereocenters. The number of rotatable bonds is 4. The summed E-state index contributed by atoms with van der Waals surface area (Å²) in [4.78, 5) is 16.9. The first-order valence-electron chi connectivity index (χ1n) is 12.0. The Kier molecular flexibility index (Phi) is 5.44. The van der Waals surface area contributed by atoms with Crippen molar-refractivity contribution in [3.63, 3.8) is 0 Å². The lowest BCUT2D eigenvalue weighted by molar-refractivity contribution is -0.142. The Labute approximate surface area is 206 Å². The van der Waals surface area contributed by atoms with Gasteiger partial charge in [-0.05, 0) is 43.2 Å². The maximum atomic E-state index is 14.0. The van der Waals surface area contributed by atoms with Gasteiger partial charge in [0.15, 0.2) is 17.2 Å². The third-order valence-electron chi connectivity index (χ3n) is 7.33. The number of alkyl halides is 3. The molecule has 6 rings (SSSR count). The van der Waals surface area contributed by atoms with Gasteiger partial charge >= 0.3 is 6.18 Å². The van der Waals surface area contributed by atoms with Crippen molar-refractivity contribution in [1.29, 1.82) is 0 Å². The highest BCUT2D eigenvalue weighted by atomic mass is 19.4. The van der Waals surface area contributed by atoms with Crippen LogP contribution in [0.1, 0.15) is 46.6 Å². The second kappa shape index (κ2) is 8.55. The zero-order valence-corrected chi connectivity index (χ0v) is 19.7. The molecule has 7 nitrogen and oxygen atoms in total. The summed E-state index contributed by atoms with van der Waals surface area (Å²) in [5.41, 5.74) is 1.36. The van der Waals surface area contributed by atoms with E-state index in [1.807, 2.05) is 0 Å². The molecule has 0 N–H and O–H groups in total. The average Bonchev–Trinajstić information content (AvgIpc) is 3.46. The maximum Gasteiger partial charge on any atom is 0.435 e. The van der Waals surface area contributed by atoms with Crippen LogP contribution in [0.15, 0.2) is 42.5 Å². The molecule has 3 aliphatic rings. The minimum atomic E-state index is -4.55. The first kappa shape index (κ1) is 22.9. The number of hydrogen-bond donors (Lipinski definition) is 0. The van der Waals surface area contributed by atoms with E-state index in [1.54, 1.807) is 49.5 Å². The zero-order chi connectivity index (χ0) is 25.0. The molecule has 2 aromatic carbocycles. The average molecular weight is 499 g/mol. The van der Waals surface area contributed by atoms with E-state index in [0.29, 0.717) is 53.1 Å². The molecule has 10 heteroatoms. The number of anilines is 1. The van der Waals surface area contributed by atoms with Crippen molar-refractivity contribution in [3.05, 3.63) is 65.0 Å². The molecule has 2 aliphatic heterocycles. The van der Waals surface area contributed by atoms with Crippen molar-refractivity contribution < 1.29 is 27.4 Å². The fourth-order valence-electron chi connectivity index (χ4n) is 5.12. The summed E-state index contributed by atoms with van der Waals surface area (Å²) in [5, 5.41) is 4.02. The Morgan fingerprint density at radius 1 is 1.11 bits per heavy atom. The number of carbonyl (C=O) groups excluding carboxylic acids is 1. The largest absolute Gasteiger partial charge is 0.454 e. The lowest BCUT2D eigenvalue weighted by Gasteiger charge is -2.39. The highest BCUT2D eigenvalue weighted by molar-refractivity contribution is 6.06. The third kappa shape index (κ3) is 3.89. The van der Waals surface area contributed by atoms with Gasteiger partial charge in [-0.15, -0.1) is 0 Å². The van der Waals surface area contributed by atoms with Gasteiger partial charge in [0.05, 0.1) is 11.4 Å². The minimum Gasteiger partial charge on any atom is -0.454 e. The van der Waals surface area contributed by atoms with Crippen molar-refractivity contribution in [1.82, 2.24) is 14.7 Å².